The molecule has 0 fully saturated rings. The normalized spacial score (nSPS) is 16.3. The molecular weight excluding hydrogens is 532 g/mol. The highest BCUT2D eigenvalue weighted by atomic mass is 15.2. The van der Waals surface area contributed by atoms with E-state index in [0.29, 0.717) is 0 Å². The Morgan fingerprint density at radius 2 is 0.977 bits per heavy atom. The highest BCUT2D eigenvalue weighted by Gasteiger charge is 2.27. The first-order valence-electron chi connectivity index (χ1n) is 15.3. The lowest BCUT2D eigenvalue weighted by atomic mass is 9.92. The predicted octanol–water partition coefficient (Wildman–Crippen LogP) is 10.6. The summed E-state index contributed by atoms with van der Waals surface area (Å²) in [6, 6.07) is 57.5. The average molecular weight is 563 g/mol. The molecule has 0 aromatic heterocycles. The summed E-state index contributed by atoms with van der Waals surface area (Å²) in [5.74, 6) is 0. The number of anilines is 1. The zero-order chi connectivity index (χ0) is 29.0. The Balaban J connectivity index is 1.00. The number of para-hydroxylation sites is 1. The summed E-state index contributed by atoms with van der Waals surface area (Å²) in [5, 5.41) is 10.3. The minimum atomic E-state index is 0.0152. The van der Waals surface area contributed by atoms with Crippen LogP contribution in [0.1, 0.15) is 28.9 Å². The van der Waals surface area contributed by atoms with Crippen LogP contribution in [0, 0.1) is 0 Å². The zero-order valence-corrected chi connectivity index (χ0v) is 24.2. The first-order chi connectivity index (χ1) is 21.8. The lowest BCUT2D eigenvalue weighted by molar-refractivity contribution is 0.506. The fraction of sp³-hybridized carbons (Fsp3) is 0.0476. The van der Waals surface area contributed by atoms with E-state index in [1.54, 1.807) is 0 Å². The first kappa shape index (κ1) is 25.1. The van der Waals surface area contributed by atoms with Crippen LogP contribution in [0.15, 0.2) is 158 Å². The standard InChI is InChI=1S/C42H30N2/c1-2-9-30(10-3-1)41-38-13-6-7-16-39(38)43-42(44-41)31-23-19-28(20-24-31)27-17-21-29(22-18-27)32-25-26-37-34-12-5-4-11-33(34)36-15-8-14-35(32)40(36)37/h1-26,41-44H. The summed E-state index contributed by atoms with van der Waals surface area (Å²) in [4.78, 5) is 0. The fourth-order valence-electron chi connectivity index (χ4n) is 7.21. The summed E-state index contributed by atoms with van der Waals surface area (Å²) in [5.41, 5.74) is 15.2. The number of benzene rings is 7. The second-order valence-corrected chi connectivity index (χ2v) is 11.8. The maximum Gasteiger partial charge on any atom is 0.104 e. The van der Waals surface area contributed by atoms with Gasteiger partial charge in [0.25, 0.3) is 0 Å². The van der Waals surface area contributed by atoms with Crippen molar-refractivity contribution < 1.29 is 0 Å². The molecule has 0 saturated heterocycles. The van der Waals surface area contributed by atoms with E-state index in [0.717, 1.165) is 0 Å². The molecule has 7 aromatic carbocycles. The van der Waals surface area contributed by atoms with Gasteiger partial charge in [-0.15, -0.1) is 0 Å². The number of rotatable bonds is 4. The van der Waals surface area contributed by atoms with Gasteiger partial charge in [-0.1, -0.05) is 152 Å². The van der Waals surface area contributed by atoms with Gasteiger partial charge in [0.05, 0.1) is 6.04 Å². The lowest BCUT2D eigenvalue weighted by Crippen LogP contribution is -2.37. The van der Waals surface area contributed by atoms with Crippen molar-refractivity contribution in [1.82, 2.24) is 5.32 Å². The van der Waals surface area contributed by atoms with Gasteiger partial charge in [0.2, 0.25) is 0 Å². The van der Waals surface area contributed by atoms with Crippen LogP contribution in [-0.2, 0) is 0 Å². The number of nitrogens with one attached hydrogen (secondary N) is 2. The molecule has 0 amide bonds. The maximum absolute atomic E-state index is 3.85. The van der Waals surface area contributed by atoms with E-state index in [-0.39, 0.29) is 12.2 Å². The van der Waals surface area contributed by atoms with E-state index in [1.807, 2.05) is 0 Å². The Morgan fingerprint density at radius 3 is 1.75 bits per heavy atom. The second-order valence-electron chi connectivity index (χ2n) is 11.8. The molecule has 1 heterocycles. The van der Waals surface area contributed by atoms with Crippen LogP contribution >= 0.6 is 0 Å². The predicted molar refractivity (Wildman–Crippen MR) is 183 cm³/mol. The van der Waals surface area contributed by atoms with Gasteiger partial charge in [0.15, 0.2) is 0 Å². The molecule has 7 aromatic rings. The van der Waals surface area contributed by atoms with Crippen LogP contribution in [0.4, 0.5) is 5.69 Å². The van der Waals surface area contributed by atoms with Crippen LogP contribution in [0.3, 0.4) is 0 Å². The molecule has 0 radical (unpaired) electrons. The molecule has 1 aliphatic heterocycles. The Bertz CT molecular complexity index is 2130. The minimum absolute atomic E-state index is 0.0152. The first-order valence-corrected chi connectivity index (χ1v) is 15.3. The van der Waals surface area contributed by atoms with Crippen molar-refractivity contribution in [3.8, 4) is 44.5 Å². The van der Waals surface area contributed by atoms with Crippen LogP contribution in [0.25, 0.3) is 55.3 Å². The molecule has 2 N–H and O–H groups in total. The van der Waals surface area contributed by atoms with Gasteiger partial charge in [-0.05, 0) is 78.0 Å². The number of hydrogen-bond acceptors (Lipinski definition) is 2. The maximum atomic E-state index is 3.85. The summed E-state index contributed by atoms with van der Waals surface area (Å²) >= 11 is 0. The van der Waals surface area contributed by atoms with Gasteiger partial charge in [-0.2, -0.15) is 0 Å². The van der Waals surface area contributed by atoms with E-state index in [2.05, 4.69) is 168 Å². The average Bonchev–Trinajstić information content (AvgIpc) is 3.43. The van der Waals surface area contributed by atoms with Crippen LogP contribution in [0.5, 0.6) is 0 Å². The van der Waals surface area contributed by atoms with Crippen molar-refractivity contribution in [2.45, 2.75) is 12.2 Å². The van der Waals surface area contributed by atoms with E-state index < -0.39 is 0 Å². The molecule has 2 aliphatic rings. The quantitative estimate of drug-likeness (QED) is 0.223. The fourth-order valence-corrected chi connectivity index (χ4v) is 7.21. The third-order valence-corrected chi connectivity index (χ3v) is 9.36. The van der Waals surface area contributed by atoms with Crippen molar-refractivity contribution in [3.63, 3.8) is 0 Å². The van der Waals surface area contributed by atoms with Crippen molar-refractivity contribution in [2.24, 2.45) is 0 Å². The van der Waals surface area contributed by atoms with E-state index in [9.17, 15) is 0 Å². The summed E-state index contributed by atoms with van der Waals surface area (Å²) in [6.45, 7) is 0. The summed E-state index contributed by atoms with van der Waals surface area (Å²) in [6.07, 6.45) is 0.0152. The monoisotopic (exact) mass is 562 g/mol. The molecule has 1 aliphatic carbocycles. The van der Waals surface area contributed by atoms with E-state index in [4.69, 9.17) is 0 Å². The van der Waals surface area contributed by atoms with E-state index in [1.165, 1.54) is 77.7 Å². The van der Waals surface area contributed by atoms with Gasteiger partial charge in [-0.3, -0.25) is 5.32 Å². The van der Waals surface area contributed by atoms with Gasteiger partial charge >= 0.3 is 0 Å². The van der Waals surface area contributed by atoms with E-state index >= 15 is 0 Å². The smallest absolute Gasteiger partial charge is 0.104 e. The molecule has 2 atom stereocenters. The van der Waals surface area contributed by atoms with Crippen molar-refractivity contribution in [2.75, 3.05) is 5.32 Å². The lowest BCUT2D eigenvalue weighted by Gasteiger charge is -2.35. The Hall–Kier alpha value is -5.44. The van der Waals surface area contributed by atoms with Crippen molar-refractivity contribution in [1.29, 1.82) is 0 Å². The summed E-state index contributed by atoms with van der Waals surface area (Å²) < 4.78 is 0. The SMILES string of the molecule is c1ccc(C2NC(c3ccc(-c4ccc(-c5ccc6c7c(cccc57)-c5ccccc5-6)cc4)cc3)Nc3ccccc32)cc1. The third-order valence-electron chi connectivity index (χ3n) is 9.36. The highest BCUT2D eigenvalue weighted by Crippen LogP contribution is 2.49. The zero-order valence-electron chi connectivity index (χ0n) is 24.2. The van der Waals surface area contributed by atoms with Gasteiger partial charge in [0, 0.05) is 5.69 Å². The molecule has 2 heteroatoms. The van der Waals surface area contributed by atoms with Crippen molar-refractivity contribution in [3.05, 3.63) is 174 Å². The minimum Gasteiger partial charge on any atom is -0.366 e. The Morgan fingerprint density at radius 1 is 0.386 bits per heavy atom. The Kier molecular flexibility index (Phi) is 5.75. The molecule has 2 unspecified atom stereocenters. The molecule has 0 saturated carbocycles. The number of fused-ring (bicyclic) bond motifs is 4. The number of hydrogen-bond donors (Lipinski definition) is 2. The van der Waals surface area contributed by atoms with Gasteiger partial charge in [0.1, 0.15) is 6.17 Å². The Labute approximate surface area is 257 Å². The molecule has 44 heavy (non-hydrogen) atoms. The topological polar surface area (TPSA) is 24.1 Å². The van der Waals surface area contributed by atoms with Crippen LogP contribution in [0.2, 0.25) is 0 Å². The molecule has 0 spiro atoms. The van der Waals surface area contributed by atoms with Gasteiger partial charge < -0.3 is 5.32 Å². The molecule has 208 valence electrons. The second kappa shape index (κ2) is 10.1. The van der Waals surface area contributed by atoms with Crippen molar-refractivity contribution >= 4 is 16.5 Å². The third kappa shape index (κ3) is 4.00. The molecular formula is C42H30N2. The molecule has 0 bridgehead atoms. The highest BCUT2D eigenvalue weighted by molar-refractivity contribution is 6.18. The summed E-state index contributed by atoms with van der Waals surface area (Å²) in [7, 11) is 0. The molecule has 9 rings (SSSR count). The van der Waals surface area contributed by atoms with Gasteiger partial charge in [-0.25, -0.2) is 0 Å². The largest absolute Gasteiger partial charge is 0.366 e. The van der Waals surface area contributed by atoms with Crippen LogP contribution < -0.4 is 10.6 Å². The van der Waals surface area contributed by atoms with Crippen LogP contribution in [-0.4, -0.2) is 0 Å². The molecule has 2 nitrogen and oxygen atoms in total.